The number of aromatic nitrogens is 2. The lowest BCUT2D eigenvalue weighted by atomic mass is 10.3. The van der Waals surface area contributed by atoms with Crippen LogP contribution in [0.15, 0.2) is 41.7 Å². The molecule has 1 aromatic carbocycles. The lowest BCUT2D eigenvalue weighted by molar-refractivity contribution is 0.586. The van der Waals surface area contributed by atoms with Crippen LogP contribution in [-0.4, -0.2) is 22.8 Å². The van der Waals surface area contributed by atoms with Gasteiger partial charge in [-0.2, -0.15) is 0 Å². The molecule has 2 rings (SSSR count). The number of hydrogen-bond acceptors (Lipinski definition) is 3. The third-order valence-corrected chi connectivity index (χ3v) is 3.38. The third kappa shape index (κ3) is 3.05. The van der Waals surface area contributed by atoms with Gasteiger partial charge in [0, 0.05) is 25.0 Å². The zero-order chi connectivity index (χ0) is 15.4. The molecule has 0 radical (unpaired) electrons. The lowest BCUT2D eigenvalue weighted by Crippen LogP contribution is -2.35. The Labute approximate surface area is 125 Å². The maximum atomic E-state index is 4.51. The maximum absolute atomic E-state index is 4.51. The first-order valence-corrected chi connectivity index (χ1v) is 7.09. The van der Waals surface area contributed by atoms with Crippen molar-refractivity contribution in [3.8, 4) is 0 Å². The standard InChI is InChI=1S/C17H22N4/c1-6-18-17(20(5)15-10-8-7-9-11-15)16-14(4)21(12-19-16)13(2)3/h6-13H,4H2,1-3,5H3/b17-16-,18-6-. The van der Waals surface area contributed by atoms with Gasteiger partial charge in [-0.15, -0.1) is 0 Å². The topological polar surface area (TPSA) is 33.4 Å². The zero-order valence-electron chi connectivity index (χ0n) is 13.1. The van der Waals surface area contributed by atoms with Crippen LogP contribution < -0.4 is 15.6 Å². The molecule has 4 heteroatoms. The fourth-order valence-electron chi connectivity index (χ4n) is 2.22. The summed E-state index contributed by atoms with van der Waals surface area (Å²) in [4.78, 5) is 11.0. The molecule has 0 aliphatic heterocycles. The summed E-state index contributed by atoms with van der Waals surface area (Å²) in [6.45, 7) is 10.3. The Morgan fingerprint density at radius 1 is 1.33 bits per heavy atom. The number of nitrogens with zero attached hydrogens (tertiary/aromatic N) is 4. The molecule has 0 aliphatic carbocycles. The van der Waals surface area contributed by atoms with Gasteiger partial charge in [0.1, 0.15) is 5.35 Å². The zero-order valence-corrected chi connectivity index (χ0v) is 13.1. The van der Waals surface area contributed by atoms with Crippen LogP contribution in [0.4, 0.5) is 5.69 Å². The first-order chi connectivity index (χ1) is 10.1. The molecule has 0 amide bonds. The van der Waals surface area contributed by atoms with E-state index in [4.69, 9.17) is 0 Å². The molecule has 0 N–H and O–H groups in total. The minimum Gasteiger partial charge on any atom is -0.328 e. The lowest BCUT2D eigenvalue weighted by Gasteiger charge is -2.18. The summed E-state index contributed by atoms with van der Waals surface area (Å²) in [6.07, 6.45) is 3.61. The van der Waals surface area contributed by atoms with Gasteiger partial charge in [-0.3, -0.25) is 0 Å². The number of hydrogen-bond donors (Lipinski definition) is 0. The smallest absolute Gasteiger partial charge is 0.160 e. The predicted molar refractivity (Wildman–Crippen MR) is 89.8 cm³/mol. The molecule has 1 aromatic heterocycles. The van der Waals surface area contributed by atoms with Crippen molar-refractivity contribution in [2.45, 2.75) is 26.8 Å². The van der Waals surface area contributed by atoms with E-state index in [-0.39, 0.29) is 0 Å². The van der Waals surface area contributed by atoms with Crippen molar-refractivity contribution in [2.75, 3.05) is 11.9 Å². The van der Waals surface area contributed by atoms with Crippen LogP contribution in [0, 0.1) is 0 Å². The first-order valence-electron chi connectivity index (χ1n) is 7.09. The summed E-state index contributed by atoms with van der Waals surface area (Å²) in [5.74, 6) is 0.799. The Morgan fingerprint density at radius 3 is 2.52 bits per heavy atom. The Kier molecular flexibility index (Phi) is 4.58. The molecule has 0 atom stereocenters. The molecule has 2 aromatic rings. The van der Waals surface area contributed by atoms with Crippen molar-refractivity contribution in [3.63, 3.8) is 0 Å². The highest BCUT2D eigenvalue weighted by Gasteiger charge is 2.10. The molecule has 0 spiro atoms. The summed E-state index contributed by atoms with van der Waals surface area (Å²) in [6, 6.07) is 10.4. The highest BCUT2D eigenvalue weighted by molar-refractivity contribution is 5.72. The minimum absolute atomic E-state index is 0.327. The van der Waals surface area contributed by atoms with E-state index in [2.05, 4.69) is 35.0 Å². The SMILES string of the molecule is C=c1/c(=C(\N=C/C)N(C)c2ccccc2)ncn1C(C)C. The summed E-state index contributed by atoms with van der Waals surface area (Å²) < 4.78 is 2.05. The van der Waals surface area contributed by atoms with E-state index in [0.717, 1.165) is 22.2 Å². The monoisotopic (exact) mass is 282 g/mol. The van der Waals surface area contributed by atoms with E-state index < -0.39 is 0 Å². The Hall–Kier alpha value is -2.36. The van der Waals surface area contributed by atoms with E-state index in [9.17, 15) is 0 Å². The Balaban J connectivity index is 2.64. The van der Waals surface area contributed by atoms with E-state index in [0.29, 0.717) is 6.04 Å². The average molecular weight is 282 g/mol. The number of anilines is 1. The van der Waals surface area contributed by atoms with Crippen molar-refractivity contribution < 1.29 is 0 Å². The van der Waals surface area contributed by atoms with Gasteiger partial charge in [-0.1, -0.05) is 24.8 Å². The summed E-state index contributed by atoms with van der Waals surface area (Å²) in [5.41, 5.74) is 1.07. The van der Waals surface area contributed by atoms with Gasteiger partial charge in [-0.05, 0) is 32.9 Å². The molecule has 21 heavy (non-hydrogen) atoms. The van der Waals surface area contributed by atoms with Gasteiger partial charge >= 0.3 is 0 Å². The van der Waals surface area contributed by atoms with E-state index in [1.807, 2.05) is 55.5 Å². The number of benzene rings is 1. The van der Waals surface area contributed by atoms with Gasteiger partial charge in [-0.25, -0.2) is 9.98 Å². The molecule has 4 nitrogen and oxygen atoms in total. The van der Waals surface area contributed by atoms with Crippen molar-refractivity contribution in [1.82, 2.24) is 9.55 Å². The third-order valence-electron chi connectivity index (χ3n) is 3.38. The second-order valence-electron chi connectivity index (χ2n) is 5.15. The molecular formula is C17H22N4. The number of para-hydroxylation sites is 1. The first kappa shape index (κ1) is 15.0. The fourth-order valence-corrected chi connectivity index (χ4v) is 2.22. The summed E-state index contributed by atoms with van der Waals surface area (Å²) >= 11 is 0. The molecule has 0 saturated carbocycles. The quantitative estimate of drug-likeness (QED) is 0.805. The second-order valence-corrected chi connectivity index (χ2v) is 5.15. The molecule has 110 valence electrons. The van der Waals surface area contributed by atoms with Gasteiger partial charge in [0.2, 0.25) is 0 Å². The molecule has 0 aliphatic rings. The number of rotatable bonds is 4. The molecular weight excluding hydrogens is 260 g/mol. The molecule has 0 bridgehead atoms. The molecule has 0 saturated heterocycles. The van der Waals surface area contributed by atoms with Crippen molar-refractivity contribution >= 4 is 24.3 Å². The summed E-state index contributed by atoms with van der Waals surface area (Å²) in [7, 11) is 1.99. The van der Waals surface area contributed by atoms with Crippen molar-refractivity contribution in [1.29, 1.82) is 0 Å². The van der Waals surface area contributed by atoms with Crippen LogP contribution in [0.3, 0.4) is 0 Å². The number of imidazole rings is 1. The van der Waals surface area contributed by atoms with Crippen LogP contribution in [0.2, 0.25) is 0 Å². The maximum Gasteiger partial charge on any atom is 0.160 e. The van der Waals surface area contributed by atoms with Crippen LogP contribution in [-0.2, 0) is 0 Å². The van der Waals surface area contributed by atoms with E-state index in [1.165, 1.54) is 0 Å². The normalized spacial score (nSPS) is 13.0. The number of aliphatic imine (C=N–C) groups is 1. The fraction of sp³-hybridized carbons (Fsp3) is 0.294. The molecule has 0 fully saturated rings. The van der Waals surface area contributed by atoms with Crippen LogP contribution >= 0.6 is 0 Å². The Morgan fingerprint density at radius 2 is 2.00 bits per heavy atom. The highest BCUT2D eigenvalue weighted by atomic mass is 15.2. The second kappa shape index (κ2) is 6.39. The van der Waals surface area contributed by atoms with Gasteiger partial charge in [0.05, 0.1) is 11.7 Å². The highest BCUT2D eigenvalue weighted by Crippen LogP contribution is 2.16. The summed E-state index contributed by atoms with van der Waals surface area (Å²) in [5, 5.41) is 1.70. The van der Waals surface area contributed by atoms with Crippen LogP contribution in [0.1, 0.15) is 26.8 Å². The van der Waals surface area contributed by atoms with E-state index in [1.54, 1.807) is 6.21 Å². The largest absolute Gasteiger partial charge is 0.328 e. The Bertz CT molecular complexity index is 726. The average Bonchev–Trinajstić information content (AvgIpc) is 2.87. The van der Waals surface area contributed by atoms with Crippen molar-refractivity contribution in [3.05, 3.63) is 47.4 Å². The predicted octanol–water partition coefficient (Wildman–Crippen LogP) is 2.17. The van der Waals surface area contributed by atoms with Gasteiger partial charge in [0.15, 0.2) is 5.82 Å². The molecule has 1 heterocycles. The minimum atomic E-state index is 0.327. The molecule has 0 unspecified atom stereocenters. The van der Waals surface area contributed by atoms with Gasteiger partial charge < -0.3 is 9.47 Å². The van der Waals surface area contributed by atoms with Gasteiger partial charge in [0.25, 0.3) is 0 Å². The van der Waals surface area contributed by atoms with E-state index >= 15 is 0 Å². The van der Waals surface area contributed by atoms with Crippen LogP contribution in [0.5, 0.6) is 0 Å². The van der Waals surface area contributed by atoms with Crippen molar-refractivity contribution in [2.24, 2.45) is 4.99 Å². The van der Waals surface area contributed by atoms with Crippen LogP contribution in [0.25, 0.3) is 12.4 Å².